The third kappa shape index (κ3) is 2.23. The van der Waals surface area contributed by atoms with Gasteiger partial charge < -0.3 is 4.98 Å². The van der Waals surface area contributed by atoms with E-state index in [1.54, 1.807) is 6.20 Å². The lowest BCUT2D eigenvalue weighted by Crippen LogP contribution is -1.69. The van der Waals surface area contributed by atoms with Crippen molar-refractivity contribution < 1.29 is 0 Å². The molecule has 0 aliphatic carbocycles. The predicted molar refractivity (Wildman–Crippen MR) is 66.4 cm³/mol. The van der Waals surface area contributed by atoms with Gasteiger partial charge >= 0.3 is 0 Å². The van der Waals surface area contributed by atoms with Gasteiger partial charge in [0.1, 0.15) is 3.70 Å². The quantitative estimate of drug-likeness (QED) is 0.742. The Hall–Kier alpha value is -1.10. The van der Waals surface area contributed by atoms with Gasteiger partial charge in [0.25, 0.3) is 0 Å². The van der Waals surface area contributed by atoms with Crippen molar-refractivity contribution in [1.82, 2.24) is 9.97 Å². The minimum Gasteiger partial charge on any atom is -0.360 e. The molecule has 14 heavy (non-hydrogen) atoms. The van der Waals surface area contributed by atoms with Crippen molar-refractivity contribution in [3.8, 4) is 0 Å². The number of para-hydroxylation sites is 1. The fourth-order valence-electron chi connectivity index (χ4n) is 1.21. The van der Waals surface area contributed by atoms with E-state index in [4.69, 9.17) is 0 Å². The Balaban J connectivity index is 2.81. The Kier molecular flexibility index (Phi) is 2.98. The molecular formula is C11H9IN2. The van der Waals surface area contributed by atoms with E-state index in [0.717, 1.165) is 9.22 Å². The van der Waals surface area contributed by atoms with Crippen molar-refractivity contribution in [2.75, 3.05) is 0 Å². The second-order valence-electron chi connectivity index (χ2n) is 2.83. The zero-order chi connectivity index (χ0) is 9.80. The molecular weight excluding hydrogens is 287 g/mol. The summed E-state index contributed by atoms with van der Waals surface area (Å²) in [6, 6.07) is 12.2. The number of fused-ring (bicyclic) bond motifs is 1. The summed E-state index contributed by atoms with van der Waals surface area (Å²) >= 11 is 2.20. The lowest BCUT2D eigenvalue weighted by Gasteiger charge is -1.89. The number of H-pyrrole nitrogens is 1. The second-order valence-corrected chi connectivity index (χ2v) is 3.94. The van der Waals surface area contributed by atoms with Crippen LogP contribution >= 0.6 is 22.6 Å². The largest absolute Gasteiger partial charge is 0.360 e. The molecule has 70 valence electrons. The maximum absolute atomic E-state index is 4.20. The Labute approximate surface area is 95.8 Å². The summed E-state index contributed by atoms with van der Waals surface area (Å²) < 4.78 is 0.970. The van der Waals surface area contributed by atoms with Crippen LogP contribution in [0.1, 0.15) is 0 Å². The number of rotatable bonds is 0. The van der Waals surface area contributed by atoms with Gasteiger partial charge in [-0.15, -0.1) is 0 Å². The average molecular weight is 296 g/mol. The van der Waals surface area contributed by atoms with Gasteiger partial charge in [-0.25, -0.2) is 4.98 Å². The van der Waals surface area contributed by atoms with Crippen molar-refractivity contribution in [1.29, 1.82) is 0 Å². The van der Waals surface area contributed by atoms with E-state index >= 15 is 0 Å². The van der Waals surface area contributed by atoms with Crippen LogP contribution in [0.5, 0.6) is 0 Å². The smallest absolute Gasteiger partial charge is 0.101 e. The molecule has 2 aromatic rings. The maximum Gasteiger partial charge on any atom is 0.101 e. The summed E-state index contributed by atoms with van der Waals surface area (Å²) in [5, 5.41) is 1.17. The van der Waals surface area contributed by atoms with Crippen molar-refractivity contribution in [2.24, 2.45) is 0 Å². The van der Waals surface area contributed by atoms with Crippen LogP contribution in [0, 0.1) is 3.70 Å². The van der Waals surface area contributed by atoms with E-state index in [9.17, 15) is 0 Å². The molecule has 1 aromatic carbocycles. The van der Waals surface area contributed by atoms with Crippen molar-refractivity contribution >= 4 is 33.5 Å². The molecule has 0 radical (unpaired) electrons. The molecule has 0 saturated heterocycles. The van der Waals surface area contributed by atoms with E-state index in [-0.39, 0.29) is 0 Å². The highest BCUT2D eigenvalue weighted by Gasteiger charge is 1.86. The number of aromatic amines is 1. The number of hydrogen-bond acceptors (Lipinski definition) is 1. The summed E-state index contributed by atoms with van der Waals surface area (Å²) in [5.74, 6) is 0. The standard InChI is InChI=1S/C11H9IN2/c12-11-6-5-9-3-1-2-4-10(9)13-7-8-14-11/h1-8,13H. The summed E-state index contributed by atoms with van der Waals surface area (Å²) in [6.45, 7) is 0. The topological polar surface area (TPSA) is 28.7 Å². The first kappa shape index (κ1) is 9.45. The normalized spacial score (nSPS) is 9.79. The molecule has 2 nitrogen and oxygen atoms in total. The molecule has 0 fully saturated rings. The van der Waals surface area contributed by atoms with Crippen molar-refractivity contribution in [3.05, 3.63) is 52.5 Å². The number of benzene rings is 1. The van der Waals surface area contributed by atoms with Crippen molar-refractivity contribution in [3.63, 3.8) is 0 Å². The highest BCUT2D eigenvalue weighted by atomic mass is 127. The van der Waals surface area contributed by atoms with Gasteiger partial charge in [-0.05, 0) is 40.1 Å². The van der Waals surface area contributed by atoms with Crippen LogP contribution < -0.4 is 0 Å². The molecule has 0 amide bonds. The Morgan fingerprint density at radius 1 is 1.07 bits per heavy atom. The summed E-state index contributed by atoms with van der Waals surface area (Å²) in [7, 11) is 0. The zero-order valence-corrected chi connectivity index (χ0v) is 9.60. The molecule has 0 bridgehead atoms. The van der Waals surface area contributed by atoms with Gasteiger partial charge in [-0.2, -0.15) is 0 Å². The van der Waals surface area contributed by atoms with Gasteiger partial charge in [0.05, 0.1) is 0 Å². The molecule has 0 aliphatic rings. The molecule has 0 spiro atoms. The molecule has 3 heteroatoms. The predicted octanol–water partition coefficient (Wildman–Crippen LogP) is 3.29. The first-order valence-electron chi connectivity index (χ1n) is 4.28. The van der Waals surface area contributed by atoms with Crippen LogP contribution in [0.3, 0.4) is 0 Å². The van der Waals surface area contributed by atoms with Crippen molar-refractivity contribution in [2.45, 2.75) is 0 Å². The molecule has 2 rings (SSSR count). The molecule has 1 N–H and O–H groups in total. The minimum absolute atomic E-state index is 0.970. The maximum atomic E-state index is 4.20. The monoisotopic (exact) mass is 296 g/mol. The summed E-state index contributed by atoms with van der Waals surface area (Å²) in [5.41, 5.74) is 1.10. The van der Waals surface area contributed by atoms with E-state index in [1.165, 1.54) is 5.39 Å². The first-order chi connectivity index (χ1) is 6.86. The van der Waals surface area contributed by atoms with Gasteiger partial charge in [-0.3, -0.25) is 0 Å². The first-order valence-corrected chi connectivity index (χ1v) is 5.36. The lowest BCUT2D eigenvalue weighted by molar-refractivity contribution is 1.27. The third-order valence-corrected chi connectivity index (χ3v) is 2.51. The highest BCUT2D eigenvalue weighted by Crippen LogP contribution is 2.07. The third-order valence-electron chi connectivity index (χ3n) is 1.87. The number of halogens is 1. The van der Waals surface area contributed by atoms with Gasteiger partial charge in [0.2, 0.25) is 0 Å². The van der Waals surface area contributed by atoms with E-state index in [0.29, 0.717) is 0 Å². The van der Waals surface area contributed by atoms with Crippen LogP contribution in [0.25, 0.3) is 10.9 Å². The molecule has 0 atom stereocenters. The van der Waals surface area contributed by atoms with Gasteiger partial charge in [0, 0.05) is 17.9 Å². The van der Waals surface area contributed by atoms with Crippen LogP contribution in [0.15, 0.2) is 48.8 Å². The van der Waals surface area contributed by atoms with Crippen LogP contribution in [0.4, 0.5) is 0 Å². The van der Waals surface area contributed by atoms with Gasteiger partial charge in [0.15, 0.2) is 0 Å². The van der Waals surface area contributed by atoms with Crippen LogP contribution in [-0.2, 0) is 0 Å². The van der Waals surface area contributed by atoms with E-state index in [2.05, 4.69) is 44.7 Å². The summed E-state index contributed by atoms with van der Waals surface area (Å²) in [6.07, 6.45) is 3.60. The number of nitrogens with one attached hydrogen (secondary N) is 1. The molecule has 1 heterocycles. The van der Waals surface area contributed by atoms with Crippen LogP contribution in [0.2, 0.25) is 0 Å². The molecule has 1 aromatic heterocycles. The number of hydrogen-bond donors (Lipinski definition) is 1. The Morgan fingerprint density at radius 3 is 2.86 bits per heavy atom. The van der Waals surface area contributed by atoms with E-state index in [1.807, 2.05) is 30.5 Å². The SMILES string of the molecule is Ic1ccc2ccccc2[nH]ccn1. The zero-order valence-electron chi connectivity index (χ0n) is 7.44. The molecule has 0 aliphatic heterocycles. The number of aromatic nitrogens is 2. The molecule has 0 saturated carbocycles. The second kappa shape index (κ2) is 4.41. The summed E-state index contributed by atoms with van der Waals surface area (Å²) in [4.78, 5) is 7.38. The Morgan fingerprint density at radius 2 is 1.93 bits per heavy atom. The average Bonchev–Trinajstić information content (AvgIpc) is 2.30. The van der Waals surface area contributed by atoms with Gasteiger partial charge in [-0.1, -0.05) is 24.3 Å². The fourth-order valence-corrected chi connectivity index (χ4v) is 1.55. The molecule has 0 unspecified atom stereocenters. The van der Waals surface area contributed by atoms with Crippen LogP contribution in [-0.4, -0.2) is 9.97 Å². The fraction of sp³-hybridized carbons (Fsp3) is 0. The highest BCUT2D eigenvalue weighted by molar-refractivity contribution is 14.1. The minimum atomic E-state index is 0.970. The lowest BCUT2D eigenvalue weighted by atomic mass is 10.2. The number of nitrogens with zero attached hydrogens (tertiary/aromatic N) is 1. The Bertz CT molecular complexity index is 489. The van der Waals surface area contributed by atoms with E-state index < -0.39 is 0 Å².